The number of likely N-dealkylation sites (tertiary alicyclic amines) is 1. The lowest BCUT2D eigenvalue weighted by atomic mass is 10.0. The van der Waals surface area contributed by atoms with Crippen molar-refractivity contribution in [3.05, 3.63) is 95.6 Å². The molecule has 7 nitrogen and oxygen atoms in total. The lowest BCUT2D eigenvalue weighted by molar-refractivity contribution is 0.0698. The second kappa shape index (κ2) is 10.2. The summed E-state index contributed by atoms with van der Waals surface area (Å²) in [6.07, 6.45) is 1.06. The molecule has 35 heavy (non-hydrogen) atoms. The average molecular weight is 500 g/mol. The number of carbonyl (C=O) groups excluding carboxylic acids is 2. The molecule has 2 amide bonds. The molecule has 2 N–H and O–H groups in total. The molecule has 3 aromatic carbocycles. The molecule has 0 spiro atoms. The lowest BCUT2D eigenvalue weighted by Crippen LogP contribution is -2.46. The highest BCUT2D eigenvalue weighted by atomic mass is 32.2. The SMILES string of the molecule is O=C(NC1CCN(C(=O)c2cccc(S(=O)(=O)Nc3ccc(F)cc3)c2)CC1)c1ccc(F)cc1. The third-order valence-corrected chi connectivity index (χ3v) is 7.09. The highest BCUT2D eigenvalue weighted by Crippen LogP contribution is 2.20. The number of hydrogen-bond acceptors (Lipinski definition) is 4. The van der Waals surface area contributed by atoms with Crippen LogP contribution in [0.1, 0.15) is 33.6 Å². The Morgan fingerprint density at radius 1 is 0.829 bits per heavy atom. The second-order valence-electron chi connectivity index (χ2n) is 8.19. The highest BCUT2D eigenvalue weighted by molar-refractivity contribution is 7.92. The molecule has 0 atom stereocenters. The summed E-state index contributed by atoms with van der Waals surface area (Å²) in [5, 5.41) is 2.90. The van der Waals surface area contributed by atoms with Crippen molar-refractivity contribution in [2.45, 2.75) is 23.8 Å². The number of piperidine rings is 1. The lowest BCUT2D eigenvalue weighted by Gasteiger charge is -2.32. The van der Waals surface area contributed by atoms with Gasteiger partial charge in [0.25, 0.3) is 21.8 Å². The van der Waals surface area contributed by atoms with Crippen LogP contribution in [-0.2, 0) is 10.0 Å². The Morgan fingerprint density at radius 3 is 2.06 bits per heavy atom. The number of amides is 2. The highest BCUT2D eigenvalue weighted by Gasteiger charge is 2.26. The van der Waals surface area contributed by atoms with Crippen molar-refractivity contribution in [1.82, 2.24) is 10.2 Å². The molecule has 4 rings (SSSR count). The zero-order valence-electron chi connectivity index (χ0n) is 18.6. The first-order valence-electron chi connectivity index (χ1n) is 11.0. The van der Waals surface area contributed by atoms with Gasteiger partial charge in [0, 0.05) is 35.9 Å². The minimum absolute atomic E-state index is 0.0888. The van der Waals surface area contributed by atoms with E-state index < -0.39 is 21.7 Å². The molecule has 10 heteroatoms. The summed E-state index contributed by atoms with van der Waals surface area (Å²) in [5.74, 6) is -1.52. The minimum Gasteiger partial charge on any atom is -0.349 e. The molecule has 0 radical (unpaired) electrons. The summed E-state index contributed by atoms with van der Waals surface area (Å²) in [5.41, 5.74) is 0.783. The van der Waals surface area contributed by atoms with Crippen molar-refractivity contribution in [2.75, 3.05) is 17.8 Å². The van der Waals surface area contributed by atoms with Crippen LogP contribution >= 0.6 is 0 Å². The monoisotopic (exact) mass is 499 g/mol. The van der Waals surface area contributed by atoms with Crippen LogP contribution in [0.4, 0.5) is 14.5 Å². The van der Waals surface area contributed by atoms with Crippen LogP contribution in [0.2, 0.25) is 0 Å². The number of anilines is 1. The van der Waals surface area contributed by atoms with Gasteiger partial charge in [0.1, 0.15) is 11.6 Å². The maximum atomic E-state index is 13.1. The molecule has 0 aromatic heterocycles. The average Bonchev–Trinajstić information content (AvgIpc) is 2.86. The van der Waals surface area contributed by atoms with Crippen molar-refractivity contribution < 1.29 is 26.8 Å². The van der Waals surface area contributed by atoms with Crippen molar-refractivity contribution in [2.24, 2.45) is 0 Å². The van der Waals surface area contributed by atoms with Gasteiger partial charge in [-0.2, -0.15) is 0 Å². The van der Waals surface area contributed by atoms with Crippen LogP contribution in [0.25, 0.3) is 0 Å². The zero-order valence-corrected chi connectivity index (χ0v) is 19.4. The fourth-order valence-corrected chi connectivity index (χ4v) is 4.91. The van der Waals surface area contributed by atoms with Gasteiger partial charge in [0.15, 0.2) is 0 Å². The van der Waals surface area contributed by atoms with Crippen molar-refractivity contribution in [1.29, 1.82) is 0 Å². The number of halogens is 2. The largest absolute Gasteiger partial charge is 0.349 e. The number of nitrogens with zero attached hydrogens (tertiary/aromatic N) is 1. The number of hydrogen-bond donors (Lipinski definition) is 2. The van der Waals surface area contributed by atoms with E-state index in [-0.39, 0.29) is 34.0 Å². The fraction of sp³-hybridized carbons (Fsp3) is 0.200. The Kier molecular flexibility index (Phi) is 7.11. The predicted octanol–water partition coefficient (Wildman–Crippen LogP) is 3.80. The van der Waals surface area contributed by atoms with Gasteiger partial charge in [-0.3, -0.25) is 14.3 Å². The van der Waals surface area contributed by atoms with E-state index in [1.165, 1.54) is 54.6 Å². The van der Waals surface area contributed by atoms with E-state index >= 15 is 0 Å². The molecule has 1 aliphatic heterocycles. The van der Waals surface area contributed by atoms with Crippen molar-refractivity contribution >= 4 is 27.5 Å². The maximum absolute atomic E-state index is 13.1. The quantitative estimate of drug-likeness (QED) is 0.539. The Balaban J connectivity index is 1.37. The van der Waals surface area contributed by atoms with Gasteiger partial charge in [-0.1, -0.05) is 6.07 Å². The summed E-state index contributed by atoms with van der Waals surface area (Å²) in [6.45, 7) is 0.774. The number of nitrogens with one attached hydrogen (secondary N) is 2. The minimum atomic E-state index is -3.98. The van der Waals surface area contributed by atoms with Crippen LogP contribution in [0.3, 0.4) is 0 Å². The Morgan fingerprint density at radius 2 is 1.43 bits per heavy atom. The van der Waals surface area contributed by atoms with E-state index in [2.05, 4.69) is 10.0 Å². The van der Waals surface area contributed by atoms with Crippen LogP contribution in [-0.4, -0.2) is 44.3 Å². The number of sulfonamides is 1. The summed E-state index contributed by atoms with van der Waals surface area (Å²) in [6, 6.07) is 15.7. The first-order chi connectivity index (χ1) is 16.7. The van der Waals surface area contributed by atoms with Gasteiger partial charge in [-0.25, -0.2) is 17.2 Å². The number of rotatable bonds is 6. The standard InChI is InChI=1S/C25H23F2N3O4S/c26-19-6-4-17(5-7-19)24(31)28-21-12-14-30(15-13-21)25(32)18-2-1-3-23(16-18)35(33,34)29-22-10-8-20(27)9-11-22/h1-11,16,21,29H,12-15H2,(H,28,31). The van der Waals surface area contributed by atoms with Gasteiger partial charge >= 0.3 is 0 Å². The van der Waals surface area contributed by atoms with Crippen molar-refractivity contribution in [3.63, 3.8) is 0 Å². The first kappa shape index (κ1) is 24.3. The van der Waals surface area contributed by atoms with Gasteiger partial charge in [-0.15, -0.1) is 0 Å². The Bertz CT molecular complexity index is 1320. The fourth-order valence-electron chi connectivity index (χ4n) is 3.81. The van der Waals surface area contributed by atoms with Crippen LogP contribution < -0.4 is 10.0 Å². The van der Waals surface area contributed by atoms with E-state index in [9.17, 15) is 26.8 Å². The molecule has 3 aromatic rings. The molecule has 0 aliphatic carbocycles. The molecule has 0 unspecified atom stereocenters. The zero-order chi connectivity index (χ0) is 25.0. The molecule has 0 bridgehead atoms. The van der Waals surface area contributed by atoms with Crippen LogP contribution in [0.5, 0.6) is 0 Å². The second-order valence-corrected chi connectivity index (χ2v) is 9.87. The van der Waals surface area contributed by atoms with Crippen LogP contribution in [0, 0.1) is 11.6 Å². The summed E-state index contributed by atoms with van der Waals surface area (Å²) >= 11 is 0. The van der Waals surface area contributed by atoms with Gasteiger partial charge in [-0.05, 0) is 79.6 Å². The van der Waals surface area contributed by atoms with Crippen molar-refractivity contribution in [3.8, 4) is 0 Å². The van der Waals surface area contributed by atoms with E-state index in [0.717, 1.165) is 12.1 Å². The summed E-state index contributed by atoms with van der Waals surface area (Å²) in [4.78, 5) is 26.9. The molecule has 1 heterocycles. The van der Waals surface area contributed by atoms with E-state index in [0.29, 0.717) is 31.5 Å². The third kappa shape index (κ3) is 6.02. The molecule has 1 aliphatic rings. The summed E-state index contributed by atoms with van der Waals surface area (Å²) < 4.78 is 54.0. The topological polar surface area (TPSA) is 95.6 Å². The molecular weight excluding hydrogens is 476 g/mol. The maximum Gasteiger partial charge on any atom is 0.261 e. The third-order valence-electron chi connectivity index (χ3n) is 5.71. The van der Waals surface area contributed by atoms with E-state index in [1.54, 1.807) is 11.0 Å². The smallest absolute Gasteiger partial charge is 0.261 e. The molecule has 1 fully saturated rings. The van der Waals surface area contributed by atoms with Gasteiger partial charge < -0.3 is 10.2 Å². The number of benzene rings is 3. The van der Waals surface area contributed by atoms with Gasteiger partial charge in [0.05, 0.1) is 4.90 Å². The molecule has 1 saturated heterocycles. The van der Waals surface area contributed by atoms with Crippen LogP contribution in [0.15, 0.2) is 77.7 Å². The Labute approximate surface area is 201 Å². The molecule has 182 valence electrons. The molecular formula is C25H23F2N3O4S. The Hall–Kier alpha value is -3.79. The predicted molar refractivity (Wildman–Crippen MR) is 126 cm³/mol. The van der Waals surface area contributed by atoms with E-state index in [1.807, 2.05) is 0 Å². The first-order valence-corrected chi connectivity index (χ1v) is 12.4. The van der Waals surface area contributed by atoms with Gasteiger partial charge in [0.2, 0.25) is 0 Å². The number of carbonyl (C=O) groups is 2. The summed E-state index contributed by atoms with van der Waals surface area (Å²) in [7, 11) is -3.98. The normalized spacial score (nSPS) is 14.4. The molecule has 0 saturated carbocycles. The van der Waals surface area contributed by atoms with E-state index in [4.69, 9.17) is 0 Å².